The second-order valence-electron chi connectivity index (χ2n) is 4.50. The lowest BCUT2D eigenvalue weighted by Gasteiger charge is -2.08. The van der Waals surface area contributed by atoms with E-state index in [1.54, 1.807) is 24.3 Å². The van der Waals surface area contributed by atoms with Gasteiger partial charge >= 0.3 is 0 Å². The maximum atomic E-state index is 12.0. The van der Waals surface area contributed by atoms with Crippen LogP contribution in [0.3, 0.4) is 0 Å². The molecule has 0 saturated heterocycles. The van der Waals surface area contributed by atoms with E-state index in [2.05, 4.69) is 5.32 Å². The first-order chi connectivity index (χ1) is 9.70. The SMILES string of the molecule is O=C(Nc1cccc(CCCO)c1)c1ccccc1O. The maximum absolute atomic E-state index is 12.0. The van der Waals surface area contributed by atoms with Gasteiger partial charge in [-0.2, -0.15) is 0 Å². The van der Waals surface area contributed by atoms with E-state index in [0.717, 1.165) is 12.0 Å². The van der Waals surface area contributed by atoms with Crippen LogP contribution in [0.25, 0.3) is 0 Å². The van der Waals surface area contributed by atoms with Gasteiger partial charge in [-0.25, -0.2) is 0 Å². The number of para-hydroxylation sites is 1. The number of carbonyl (C=O) groups excluding carboxylic acids is 1. The normalized spacial score (nSPS) is 10.2. The number of benzene rings is 2. The quantitative estimate of drug-likeness (QED) is 0.782. The van der Waals surface area contributed by atoms with Crippen LogP contribution in [0.15, 0.2) is 48.5 Å². The number of aryl methyl sites for hydroxylation is 1. The Bertz CT molecular complexity index is 596. The number of hydrogen-bond acceptors (Lipinski definition) is 3. The summed E-state index contributed by atoms with van der Waals surface area (Å²) in [6.07, 6.45) is 1.45. The van der Waals surface area contributed by atoms with Crippen LogP contribution in [-0.2, 0) is 6.42 Å². The second-order valence-corrected chi connectivity index (χ2v) is 4.50. The molecular weight excluding hydrogens is 254 g/mol. The molecule has 4 heteroatoms. The molecule has 1 amide bonds. The highest BCUT2D eigenvalue weighted by Crippen LogP contribution is 2.18. The minimum atomic E-state index is -0.345. The number of nitrogens with one attached hydrogen (secondary N) is 1. The number of phenolic OH excluding ortho intramolecular Hbond substituents is 1. The van der Waals surface area contributed by atoms with E-state index >= 15 is 0 Å². The Morgan fingerprint density at radius 1 is 1.10 bits per heavy atom. The summed E-state index contributed by atoms with van der Waals surface area (Å²) in [4.78, 5) is 12.0. The summed E-state index contributed by atoms with van der Waals surface area (Å²) in [5.74, 6) is -0.385. The third kappa shape index (κ3) is 3.59. The molecule has 2 rings (SSSR count). The lowest BCUT2D eigenvalue weighted by molar-refractivity contribution is 0.102. The van der Waals surface area contributed by atoms with Crippen molar-refractivity contribution < 1.29 is 15.0 Å². The van der Waals surface area contributed by atoms with Crippen molar-refractivity contribution in [3.8, 4) is 5.75 Å². The number of aromatic hydroxyl groups is 1. The van der Waals surface area contributed by atoms with Crippen LogP contribution >= 0.6 is 0 Å². The van der Waals surface area contributed by atoms with Crippen LogP contribution in [-0.4, -0.2) is 22.7 Å². The first-order valence-electron chi connectivity index (χ1n) is 6.50. The third-order valence-electron chi connectivity index (χ3n) is 2.96. The molecule has 0 bridgehead atoms. The number of rotatable bonds is 5. The Morgan fingerprint density at radius 2 is 1.90 bits per heavy atom. The molecule has 0 spiro atoms. The van der Waals surface area contributed by atoms with Gasteiger partial charge in [0, 0.05) is 12.3 Å². The molecule has 104 valence electrons. The van der Waals surface area contributed by atoms with Crippen LogP contribution in [0.4, 0.5) is 5.69 Å². The molecule has 0 saturated carbocycles. The molecule has 4 nitrogen and oxygen atoms in total. The molecule has 2 aromatic rings. The van der Waals surface area contributed by atoms with Crippen LogP contribution in [0, 0.1) is 0 Å². The molecule has 0 aliphatic rings. The number of aliphatic hydroxyl groups excluding tert-OH is 1. The highest BCUT2D eigenvalue weighted by molar-refractivity contribution is 6.06. The predicted molar refractivity (Wildman–Crippen MR) is 77.9 cm³/mol. The molecule has 0 fully saturated rings. The van der Waals surface area contributed by atoms with Crippen molar-refractivity contribution >= 4 is 11.6 Å². The summed E-state index contributed by atoms with van der Waals surface area (Å²) in [7, 11) is 0. The fourth-order valence-corrected chi connectivity index (χ4v) is 1.95. The van der Waals surface area contributed by atoms with Gasteiger partial charge in [0.2, 0.25) is 0 Å². The minimum Gasteiger partial charge on any atom is -0.507 e. The van der Waals surface area contributed by atoms with Gasteiger partial charge in [-0.1, -0.05) is 24.3 Å². The summed E-state index contributed by atoms with van der Waals surface area (Å²) < 4.78 is 0. The Morgan fingerprint density at radius 3 is 2.65 bits per heavy atom. The molecule has 3 N–H and O–H groups in total. The number of anilines is 1. The van der Waals surface area contributed by atoms with Gasteiger partial charge in [-0.05, 0) is 42.7 Å². The largest absolute Gasteiger partial charge is 0.507 e. The van der Waals surface area contributed by atoms with Gasteiger partial charge in [-0.3, -0.25) is 4.79 Å². The summed E-state index contributed by atoms with van der Waals surface area (Å²) in [5, 5.41) is 21.2. The smallest absolute Gasteiger partial charge is 0.259 e. The predicted octanol–water partition coefficient (Wildman–Crippen LogP) is 2.57. The summed E-state index contributed by atoms with van der Waals surface area (Å²) in [6.45, 7) is 0.147. The van der Waals surface area contributed by atoms with Gasteiger partial charge in [0.1, 0.15) is 5.75 Å². The molecule has 0 heterocycles. The molecule has 0 aliphatic carbocycles. The van der Waals surface area contributed by atoms with E-state index in [1.807, 2.05) is 18.2 Å². The molecule has 0 atom stereocenters. The Balaban J connectivity index is 2.10. The Kier molecular flexibility index (Phi) is 4.74. The zero-order valence-electron chi connectivity index (χ0n) is 11.0. The molecular formula is C16H17NO3. The highest BCUT2D eigenvalue weighted by atomic mass is 16.3. The third-order valence-corrected chi connectivity index (χ3v) is 2.96. The van der Waals surface area contributed by atoms with Gasteiger partial charge in [-0.15, -0.1) is 0 Å². The maximum Gasteiger partial charge on any atom is 0.259 e. The minimum absolute atomic E-state index is 0.0403. The first kappa shape index (κ1) is 14.1. The van der Waals surface area contributed by atoms with Gasteiger partial charge in [0.25, 0.3) is 5.91 Å². The van der Waals surface area contributed by atoms with Crippen LogP contribution < -0.4 is 5.32 Å². The van der Waals surface area contributed by atoms with E-state index in [4.69, 9.17) is 5.11 Å². The summed E-state index contributed by atoms with van der Waals surface area (Å²) in [5.41, 5.74) is 1.97. The number of phenols is 1. The summed E-state index contributed by atoms with van der Waals surface area (Å²) >= 11 is 0. The topological polar surface area (TPSA) is 69.6 Å². The van der Waals surface area contributed by atoms with E-state index in [-0.39, 0.29) is 23.8 Å². The number of aliphatic hydroxyl groups is 1. The molecule has 20 heavy (non-hydrogen) atoms. The lowest BCUT2D eigenvalue weighted by atomic mass is 10.1. The average molecular weight is 271 g/mol. The van der Waals surface area contributed by atoms with Crippen molar-refractivity contribution in [1.82, 2.24) is 0 Å². The van der Waals surface area contributed by atoms with E-state index < -0.39 is 0 Å². The fourth-order valence-electron chi connectivity index (χ4n) is 1.95. The van der Waals surface area contributed by atoms with Crippen molar-refractivity contribution in [3.63, 3.8) is 0 Å². The van der Waals surface area contributed by atoms with Crippen molar-refractivity contribution in [2.24, 2.45) is 0 Å². The van der Waals surface area contributed by atoms with Crippen molar-refractivity contribution in [2.75, 3.05) is 11.9 Å². The monoisotopic (exact) mass is 271 g/mol. The van der Waals surface area contributed by atoms with Gasteiger partial charge in [0.05, 0.1) is 5.56 Å². The number of carbonyl (C=O) groups is 1. The molecule has 0 radical (unpaired) electrons. The van der Waals surface area contributed by atoms with Crippen molar-refractivity contribution in [1.29, 1.82) is 0 Å². The molecule has 2 aromatic carbocycles. The summed E-state index contributed by atoms with van der Waals surface area (Å²) in [6, 6.07) is 13.9. The fraction of sp³-hybridized carbons (Fsp3) is 0.188. The average Bonchev–Trinajstić information content (AvgIpc) is 2.46. The number of hydrogen-bond donors (Lipinski definition) is 3. The molecule has 0 aromatic heterocycles. The number of amides is 1. The first-order valence-corrected chi connectivity index (χ1v) is 6.50. The van der Waals surface area contributed by atoms with Gasteiger partial charge in [0.15, 0.2) is 0 Å². The lowest BCUT2D eigenvalue weighted by Crippen LogP contribution is -2.12. The van der Waals surface area contributed by atoms with Crippen molar-refractivity contribution in [3.05, 3.63) is 59.7 Å². The Hall–Kier alpha value is -2.33. The molecule has 0 aliphatic heterocycles. The van der Waals surface area contributed by atoms with Crippen molar-refractivity contribution in [2.45, 2.75) is 12.8 Å². The second kappa shape index (κ2) is 6.73. The van der Waals surface area contributed by atoms with Gasteiger partial charge < -0.3 is 15.5 Å². The standard InChI is InChI=1S/C16H17NO3/c18-10-4-6-12-5-3-7-13(11-12)17-16(20)14-8-1-2-9-15(14)19/h1-3,5,7-9,11,18-19H,4,6,10H2,(H,17,20). The van der Waals surface area contributed by atoms with Crippen LogP contribution in [0.2, 0.25) is 0 Å². The van der Waals surface area contributed by atoms with E-state index in [9.17, 15) is 9.90 Å². The van der Waals surface area contributed by atoms with Crippen LogP contribution in [0.5, 0.6) is 5.75 Å². The zero-order valence-corrected chi connectivity index (χ0v) is 11.0. The Labute approximate surface area is 117 Å². The molecule has 0 unspecified atom stereocenters. The zero-order chi connectivity index (χ0) is 14.4. The highest BCUT2D eigenvalue weighted by Gasteiger charge is 2.10. The van der Waals surface area contributed by atoms with Crippen LogP contribution in [0.1, 0.15) is 22.3 Å². The van der Waals surface area contributed by atoms with E-state index in [1.165, 1.54) is 6.07 Å². The van der Waals surface area contributed by atoms with E-state index in [0.29, 0.717) is 12.1 Å².